The van der Waals surface area contributed by atoms with Crippen LogP contribution < -0.4 is 4.90 Å². The minimum atomic E-state index is -0.636. The van der Waals surface area contributed by atoms with Gasteiger partial charge in [-0.15, -0.1) is 0 Å². The Hall–Kier alpha value is -2.43. The zero-order valence-electron chi connectivity index (χ0n) is 11.8. The van der Waals surface area contributed by atoms with Crippen molar-refractivity contribution < 1.29 is 13.9 Å². The van der Waals surface area contributed by atoms with Gasteiger partial charge >= 0.3 is 6.09 Å². The number of pyridine rings is 1. The van der Waals surface area contributed by atoms with Crippen LogP contribution in [0.4, 0.5) is 15.0 Å². The second-order valence-electron chi connectivity index (χ2n) is 5.61. The molecule has 0 aliphatic carbocycles. The highest BCUT2D eigenvalue weighted by Gasteiger charge is 2.40. The largest absolute Gasteiger partial charge is 0.441 e. The average molecular weight is 286 g/mol. The number of nitrogens with zero attached hydrogens (tertiary/aromatic N) is 2. The van der Waals surface area contributed by atoms with Crippen molar-refractivity contribution in [1.29, 1.82) is 0 Å². The first kappa shape index (κ1) is 13.5. The first-order valence-electron chi connectivity index (χ1n) is 6.68. The first-order chi connectivity index (χ1) is 9.96. The van der Waals surface area contributed by atoms with Gasteiger partial charge in [0.25, 0.3) is 0 Å². The fourth-order valence-electron chi connectivity index (χ4n) is 2.35. The topological polar surface area (TPSA) is 42.4 Å². The Balaban J connectivity index is 1.94. The second kappa shape index (κ2) is 4.84. The van der Waals surface area contributed by atoms with Crippen molar-refractivity contribution in [2.45, 2.75) is 19.4 Å². The summed E-state index contributed by atoms with van der Waals surface area (Å²) in [6.45, 7) is 3.84. The predicted molar refractivity (Wildman–Crippen MR) is 77.5 cm³/mol. The van der Waals surface area contributed by atoms with Crippen LogP contribution in [0.3, 0.4) is 0 Å². The van der Waals surface area contributed by atoms with Crippen molar-refractivity contribution >= 4 is 11.9 Å². The van der Waals surface area contributed by atoms with E-state index in [1.54, 1.807) is 20.0 Å². The molecule has 1 aromatic heterocycles. The number of aromatic nitrogens is 1. The monoisotopic (exact) mass is 286 g/mol. The molecule has 21 heavy (non-hydrogen) atoms. The van der Waals surface area contributed by atoms with Crippen LogP contribution in [0.15, 0.2) is 42.6 Å². The summed E-state index contributed by atoms with van der Waals surface area (Å²) in [5.41, 5.74) is 0.909. The van der Waals surface area contributed by atoms with Gasteiger partial charge in [0.1, 0.15) is 5.60 Å². The number of rotatable bonds is 2. The third-order valence-corrected chi connectivity index (χ3v) is 3.31. The molecule has 1 aromatic carbocycles. The molecule has 0 N–H and O–H groups in total. The van der Waals surface area contributed by atoms with E-state index in [9.17, 15) is 9.18 Å². The normalized spacial score (nSPS) is 16.9. The molecule has 4 nitrogen and oxygen atoms in total. The highest BCUT2D eigenvalue weighted by Crippen LogP contribution is 2.29. The maximum absolute atomic E-state index is 14.3. The maximum atomic E-state index is 14.3. The molecule has 0 unspecified atom stereocenters. The SMILES string of the molecule is CC1(C)CN(c2ncc(-c3ccccc3)cc2F)C(=O)O1. The molecule has 0 bridgehead atoms. The average Bonchev–Trinajstić information content (AvgIpc) is 2.73. The fraction of sp³-hybridized carbons (Fsp3) is 0.250. The molecule has 1 aliphatic heterocycles. The Morgan fingerprint density at radius 2 is 1.95 bits per heavy atom. The van der Waals surface area contributed by atoms with E-state index in [1.165, 1.54) is 11.0 Å². The van der Waals surface area contributed by atoms with Gasteiger partial charge in [-0.2, -0.15) is 0 Å². The summed E-state index contributed by atoms with van der Waals surface area (Å²) in [5, 5.41) is 0. The highest BCUT2D eigenvalue weighted by molar-refractivity contribution is 5.89. The minimum Gasteiger partial charge on any atom is -0.441 e. The number of amides is 1. The summed E-state index contributed by atoms with van der Waals surface area (Å²) in [4.78, 5) is 17.1. The Kier molecular flexibility index (Phi) is 3.12. The first-order valence-corrected chi connectivity index (χ1v) is 6.68. The van der Waals surface area contributed by atoms with Gasteiger partial charge in [0.15, 0.2) is 11.6 Å². The van der Waals surface area contributed by atoms with Crippen molar-refractivity contribution in [3.05, 3.63) is 48.4 Å². The van der Waals surface area contributed by atoms with E-state index < -0.39 is 17.5 Å². The number of ether oxygens (including phenoxy) is 1. The van der Waals surface area contributed by atoms with Crippen molar-refractivity contribution in [1.82, 2.24) is 4.98 Å². The lowest BCUT2D eigenvalue weighted by molar-refractivity contribution is 0.0871. The molecule has 1 fully saturated rings. The lowest BCUT2D eigenvalue weighted by Crippen LogP contribution is -2.29. The van der Waals surface area contributed by atoms with E-state index in [4.69, 9.17) is 4.74 Å². The third kappa shape index (κ3) is 2.59. The number of benzene rings is 1. The Labute approximate surface area is 122 Å². The Morgan fingerprint density at radius 3 is 2.52 bits per heavy atom. The van der Waals surface area contributed by atoms with Crippen molar-refractivity contribution in [3.8, 4) is 11.1 Å². The number of cyclic esters (lactones) is 1. The summed E-state index contributed by atoms with van der Waals surface area (Å²) in [6.07, 6.45) is 0.991. The number of hydrogen-bond acceptors (Lipinski definition) is 3. The molecule has 0 radical (unpaired) electrons. The van der Waals surface area contributed by atoms with Gasteiger partial charge in [0.2, 0.25) is 0 Å². The van der Waals surface area contributed by atoms with Gasteiger partial charge in [-0.3, -0.25) is 4.90 Å². The van der Waals surface area contributed by atoms with E-state index in [0.29, 0.717) is 5.56 Å². The lowest BCUT2D eigenvalue weighted by Gasteiger charge is -2.15. The zero-order chi connectivity index (χ0) is 15.0. The molecule has 0 atom stereocenters. The summed E-state index contributed by atoms with van der Waals surface area (Å²) >= 11 is 0. The molecule has 5 heteroatoms. The van der Waals surface area contributed by atoms with E-state index in [2.05, 4.69) is 4.98 Å². The van der Waals surface area contributed by atoms with Crippen LogP contribution in [0.5, 0.6) is 0 Å². The number of hydrogen-bond donors (Lipinski definition) is 0. The standard InChI is InChI=1S/C16H15FN2O2/c1-16(2)10-19(15(20)21-16)14-13(17)8-12(9-18-14)11-6-4-3-5-7-11/h3-9H,10H2,1-2H3. The summed E-state index contributed by atoms with van der Waals surface area (Å²) in [7, 11) is 0. The van der Waals surface area contributed by atoms with E-state index in [1.807, 2.05) is 30.3 Å². The molecule has 2 heterocycles. The van der Waals surface area contributed by atoms with E-state index in [0.717, 1.165) is 5.56 Å². The molecule has 0 saturated carbocycles. The number of halogens is 1. The second-order valence-corrected chi connectivity index (χ2v) is 5.61. The molecule has 2 aromatic rings. The summed E-state index contributed by atoms with van der Waals surface area (Å²) in [5.74, 6) is -0.531. The zero-order valence-corrected chi connectivity index (χ0v) is 11.8. The van der Waals surface area contributed by atoms with Crippen LogP contribution >= 0.6 is 0 Å². The van der Waals surface area contributed by atoms with Gasteiger partial charge in [0, 0.05) is 11.8 Å². The molecule has 1 amide bonds. The van der Waals surface area contributed by atoms with Crippen LogP contribution in [0.25, 0.3) is 11.1 Å². The number of anilines is 1. The molecular weight excluding hydrogens is 271 g/mol. The molecule has 1 aliphatic rings. The molecule has 108 valence electrons. The number of carbonyl (C=O) groups excluding carboxylic acids is 1. The van der Waals surface area contributed by atoms with Crippen LogP contribution in [0.1, 0.15) is 13.8 Å². The molecular formula is C16H15FN2O2. The third-order valence-electron chi connectivity index (χ3n) is 3.31. The van der Waals surface area contributed by atoms with Crippen LogP contribution in [-0.4, -0.2) is 23.2 Å². The quantitative estimate of drug-likeness (QED) is 0.846. The van der Waals surface area contributed by atoms with Gasteiger partial charge in [-0.25, -0.2) is 14.2 Å². The molecule has 3 rings (SSSR count). The van der Waals surface area contributed by atoms with E-state index in [-0.39, 0.29) is 12.4 Å². The lowest BCUT2D eigenvalue weighted by atomic mass is 10.1. The smallest absolute Gasteiger partial charge is 0.416 e. The van der Waals surface area contributed by atoms with Crippen LogP contribution in [0.2, 0.25) is 0 Å². The van der Waals surface area contributed by atoms with Crippen LogP contribution in [0, 0.1) is 5.82 Å². The summed E-state index contributed by atoms with van der Waals surface area (Å²) < 4.78 is 19.5. The molecule has 1 saturated heterocycles. The van der Waals surface area contributed by atoms with Crippen molar-refractivity contribution in [2.75, 3.05) is 11.4 Å². The minimum absolute atomic E-state index is 0.00487. The van der Waals surface area contributed by atoms with Gasteiger partial charge in [-0.1, -0.05) is 30.3 Å². The van der Waals surface area contributed by atoms with Crippen molar-refractivity contribution in [3.63, 3.8) is 0 Å². The fourth-order valence-corrected chi connectivity index (χ4v) is 2.35. The number of carbonyl (C=O) groups is 1. The molecule has 0 spiro atoms. The van der Waals surface area contributed by atoms with Crippen molar-refractivity contribution in [2.24, 2.45) is 0 Å². The van der Waals surface area contributed by atoms with Gasteiger partial charge in [-0.05, 0) is 25.5 Å². The Morgan fingerprint density at radius 1 is 1.24 bits per heavy atom. The van der Waals surface area contributed by atoms with Gasteiger partial charge < -0.3 is 4.74 Å². The van der Waals surface area contributed by atoms with Crippen LogP contribution in [-0.2, 0) is 4.74 Å². The maximum Gasteiger partial charge on any atom is 0.416 e. The Bertz CT molecular complexity index is 686. The van der Waals surface area contributed by atoms with Gasteiger partial charge in [0.05, 0.1) is 6.54 Å². The van der Waals surface area contributed by atoms with E-state index >= 15 is 0 Å². The summed E-state index contributed by atoms with van der Waals surface area (Å²) in [6, 6.07) is 10.8. The highest BCUT2D eigenvalue weighted by atomic mass is 19.1. The predicted octanol–water partition coefficient (Wildman–Crippen LogP) is 3.62.